The molecule has 0 radical (unpaired) electrons. The molecule has 0 aliphatic carbocycles. The minimum Gasteiger partial charge on any atom is -0.507 e. The van der Waals surface area contributed by atoms with Crippen molar-refractivity contribution in [2.24, 2.45) is 5.73 Å². The summed E-state index contributed by atoms with van der Waals surface area (Å²) in [6, 6.07) is 12.2. The van der Waals surface area contributed by atoms with E-state index in [1.54, 1.807) is 43.5 Å². The smallest absolute Gasteiger partial charge is 0.205 e. The first-order chi connectivity index (χ1) is 11.6. The quantitative estimate of drug-likeness (QED) is 0.900. The molecule has 1 atom stereocenters. The van der Waals surface area contributed by atoms with E-state index in [-0.39, 0.29) is 17.2 Å². The number of nitrogens with zero attached hydrogens (tertiary/aromatic N) is 1. The van der Waals surface area contributed by atoms with E-state index in [4.69, 9.17) is 19.9 Å². The second-order valence-corrected chi connectivity index (χ2v) is 5.22. The zero-order valence-electron chi connectivity index (χ0n) is 13.2. The number of hydrogen-bond donors (Lipinski definition) is 2. The second-order valence-electron chi connectivity index (χ2n) is 5.22. The molecule has 1 heterocycles. The van der Waals surface area contributed by atoms with Crippen LogP contribution < -0.4 is 19.9 Å². The van der Waals surface area contributed by atoms with Crippen molar-refractivity contribution in [1.82, 2.24) is 0 Å². The van der Waals surface area contributed by atoms with Crippen LogP contribution in [0.15, 0.2) is 47.9 Å². The lowest BCUT2D eigenvalue weighted by Crippen LogP contribution is -2.21. The summed E-state index contributed by atoms with van der Waals surface area (Å²) in [5, 5.41) is 19.9. The maximum absolute atomic E-state index is 10.3. The molecule has 0 unspecified atom stereocenters. The summed E-state index contributed by atoms with van der Waals surface area (Å²) in [5.41, 5.74) is 7.30. The molecular weight excluding hydrogens is 308 g/mol. The van der Waals surface area contributed by atoms with Crippen molar-refractivity contribution in [3.8, 4) is 29.1 Å². The number of phenols is 1. The summed E-state index contributed by atoms with van der Waals surface area (Å²) in [7, 11) is 3.09. The predicted molar refractivity (Wildman–Crippen MR) is 87.0 cm³/mol. The number of phenolic OH excluding ortho intramolecular Hbond substituents is 1. The van der Waals surface area contributed by atoms with Crippen LogP contribution in [0.1, 0.15) is 17.0 Å². The van der Waals surface area contributed by atoms with E-state index in [1.807, 2.05) is 0 Å². The first kappa shape index (κ1) is 15.6. The van der Waals surface area contributed by atoms with Gasteiger partial charge in [0.25, 0.3) is 0 Å². The van der Waals surface area contributed by atoms with Crippen LogP contribution >= 0.6 is 0 Å². The first-order valence-corrected chi connectivity index (χ1v) is 7.22. The summed E-state index contributed by atoms with van der Waals surface area (Å²) in [6.45, 7) is 0. The number of aromatic hydroxyl groups is 1. The fraction of sp³-hybridized carbons (Fsp3) is 0.167. The third-order valence-corrected chi connectivity index (χ3v) is 3.98. The maximum atomic E-state index is 10.3. The van der Waals surface area contributed by atoms with E-state index in [9.17, 15) is 10.4 Å². The molecule has 3 rings (SSSR count). The first-order valence-electron chi connectivity index (χ1n) is 7.22. The second kappa shape index (κ2) is 6.05. The molecule has 122 valence electrons. The van der Waals surface area contributed by atoms with Gasteiger partial charge < -0.3 is 25.1 Å². The molecule has 0 spiro atoms. The molecule has 0 amide bonds. The number of hydrogen-bond acceptors (Lipinski definition) is 6. The van der Waals surface area contributed by atoms with Gasteiger partial charge in [-0.25, -0.2) is 0 Å². The molecule has 0 fully saturated rings. The molecule has 0 saturated carbocycles. The molecule has 2 aromatic carbocycles. The Morgan fingerprint density at radius 1 is 1.21 bits per heavy atom. The fourth-order valence-corrected chi connectivity index (χ4v) is 2.86. The molecule has 0 aromatic heterocycles. The van der Waals surface area contributed by atoms with Crippen molar-refractivity contribution < 1.29 is 19.3 Å². The van der Waals surface area contributed by atoms with Crippen LogP contribution in [-0.2, 0) is 0 Å². The number of rotatable bonds is 3. The standard InChI is InChI=1S/C18H16N2O4/c1-22-10-6-7-11(15(8-10)23-2)16-12(9-19)18(20)24-14-5-3-4-13(21)17(14)16/h3-8,16,21H,20H2,1-2H3/t16-/m1/s1. The van der Waals surface area contributed by atoms with Crippen molar-refractivity contribution in [1.29, 1.82) is 5.26 Å². The Hall–Kier alpha value is -3.33. The predicted octanol–water partition coefficient (Wildman–Crippen LogP) is 2.63. The largest absolute Gasteiger partial charge is 0.507 e. The van der Waals surface area contributed by atoms with Crippen molar-refractivity contribution in [2.45, 2.75) is 5.92 Å². The van der Waals surface area contributed by atoms with Gasteiger partial charge in [0.2, 0.25) is 5.88 Å². The van der Waals surface area contributed by atoms with Gasteiger partial charge in [0.15, 0.2) is 0 Å². The van der Waals surface area contributed by atoms with Crippen LogP contribution in [0.5, 0.6) is 23.0 Å². The van der Waals surface area contributed by atoms with Gasteiger partial charge >= 0.3 is 0 Å². The van der Waals surface area contributed by atoms with E-state index in [1.165, 1.54) is 7.11 Å². The highest BCUT2D eigenvalue weighted by atomic mass is 16.5. The van der Waals surface area contributed by atoms with Gasteiger partial charge in [-0.1, -0.05) is 12.1 Å². The monoisotopic (exact) mass is 324 g/mol. The Labute approximate surface area is 139 Å². The molecule has 2 aromatic rings. The topological polar surface area (TPSA) is 97.7 Å². The molecule has 0 bridgehead atoms. The lowest BCUT2D eigenvalue weighted by atomic mass is 9.82. The van der Waals surface area contributed by atoms with Gasteiger partial charge in [-0.15, -0.1) is 0 Å². The Kier molecular flexibility index (Phi) is 3.92. The van der Waals surface area contributed by atoms with Crippen molar-refractivity contribution in [3.63, 3.8) is 0 Å². The average Bonchev–Trinajstić information content (AvgIpc) is 2.60. The Balaban J connectivity index is 2.28. The third-order valence-electron chi connectivity index (χ3n) is 3.98. The van der Waals surface area contributed by atoms with Crippen LogP contribution in [0.4, 0.5) is 0 Å². The molecule has 6 nitrogen and oxygen atoms in total. The van der Waals surface area contributed by atoms with Crippen LogP contribution in [0.25, 0.3) is 0 Å². The summed E-state index contributed by atoms with van der Waals surface area (Å²) >= 11 is 0. The van der Waals surface area contributed by atoms with Crippen molar-refractivity contribution in [2.75, 3.05) is 14.2 Å². The van der Waals surface area contributed by atoms with E-state index in [0.717, 1.165) is 0 Å². The van der Waals surface area contributed by atoms with Gasteiger partial charge in [0.1, 0.15) is 34.6 Å². The highest BCUT2D eigenvalue weighted by Gasteiger charge is 2.34. The van der Waals surface area contributed by atoms with Gasteiger partial charge in [-0.3, -0.25) is 0 Å². The molecule has 0 saturated heterocycles. The molecular formula is C18H16N2O4. The molecule has 1 aliphatic heterocycles. The lowest BCUT2D eigenvalue weighted by Gasteiger charge is -2.28. The summed E-state index contributed by atoms with van der Waals surface area (Å²) in [4.78, 5) is 0. The number of allylic oxidation sites excluding steroid dienone is 1. The van der Waals surface area contributed by atoms with Gasteiger partial charge in [0, 0.05) is 17.2 Å². The van der Waals surface area contributed by atoms with Crippen molar-refractivity contribution in [3.05, 3.63) is 59.0 Å². The fourth-order valence-electron chi connectivity index (χ4n) is 2.86. The minimum atomic E-state index is -0.596. The molecule has 3 N–H and O–H groups in total. The van der Waals surface area contributed by atoms with E-state index in [0.29, 0.717) is 28.4 Å². The Bertz CT molecular complexity index is 868. The van der Waals surface area contributed by atoms with Crippen molar-refractivity contribution >= 4 is 0 Å². The van der Waals surface area contributed by atoms with Gasteiger partial charge in [-0.05, 0) is 18.2 Å². The number of benzene rings is 2. The normalized spacial score (nSPS) is 16.0. The van der Waals surface area contributed by atoms with E-state index >= 15 is 0 Å². The van der Waals surface area contributed by atoms with Crippen LogP contribution in [-0.4, -0.2) is 19.3 Å². The number of nitrogens with two attached hydrogens (primary N) is 1. The van der Waals surface area contributed by atoms with E-state index in [2.05, 4.69) is 6.07 Å². The van der Waals surface area contributed by atoms with Crippen LogP contribution in [0, 0.1) is 11.3 Å². The minimum absolute atomic E-state index is 0.0125. The summed E-state index contributed by atoms with van der Waals surface area (Å²) < 4.78 is 16.2. The van der Waals surface area contributed by atoms with E-state index < -0.39 is 5.92 Å². The van der Waals surface area contributed by atoms with Gasteiger partial charge in [-0.2, -0.15) is 5.26 Å². The zero-order valence-corrected chi connectivity index (χ0v) is 13.2. The summed E-state index contributed by atoms with van der Waals surface area (Å²) in [6.07, 6.45) is 0. The number of fused-ring (bicyclic) bond motifs is 1. The molecule has 1 aliphatic rings. The zero-order chi connectivity index (χ0) is 17.3. The summed E-state index contributed by atoms with van der Waals surface area (Å²) in [5.74, 6) is 0.996. The lowest BCUT2D eigenvalue weighted by molar-refractivity contribution is 0.374. The van der Waals surface area contributed by atoms with Crippen LogP contribution in [0.2, 0.25) is 0 Å². The highest BCUT2D eigenvalue weighted by Crippen LogP contribution is 2.48. The molecule has 6 heteroatoms. The highest BCUT2D eigenvalue weighted by molar-refractivity contribution is 5.62. The average molecular weight is 324 g/mol. The van der Waals surface area contributed by atoms with Gasteiger partial charge in [0.05, 0.1) is 20.1 Å². The number of nitriles is 1. The number of ether oxygens (including phenoxy) is 3. The SMILES string of the molecule is COc1ccc([C@@H]2C(C#N)=C(N)Oc3cccc(O)c32)c(OC)c1. The Morgan fingerprint density at radius 2 is 2.00 bits per heavy atom. The maximum Gasteiger partial charge on any atom is 0.205 e. The molecule has 24 heavy (non-hydrogen) atoms. The number of methoxy groups -OCH3 is 2. The van der Waals surface area contributed by atoms with Crippen LogP contribution in [0.3, 0.4) is 0 Å². The third kappa shape index (κ3) is 2.36. The Morgan fingerprint density at radius 3 is 2.67 bits per heavy atom.